The Hall–Kier alpha value is -0.0900. The van der Waals surface area contributed by atoms with Crippen molar-refractivity contribution in [2.75, 3.05) is 12.8 Å². The number of hydrogen-bond acceptors (Lipinski definition) is 2. The van der Waals surface area contributed by atoms with E-state index >= 15 is 0 Å². The molecule has 1 aliphatic heterocycles. The molecule has 0 amide bonds. The molecule has 4 heteroatoms. The molecule has 11 heavy (non-hydrogen) atoms. The number of nitrogens with zero attached hydrogens (tertiary/aromatic N) is 1. The summed E-state index contributed by atoms with van der Waals surface area (Å²) in [4.78, 5) is 0. The maximum atomic E-state index is 11.1. The Labute approximate surface area is 68.4 Å². The molecule has 1 unspecified atom stereocenters. The molecule has 0 aromatic carbocycles. The van der Waals surface area contributed by atoms with E-state index in [0.717, 1.165) is 6.42 Å². The number of hydrogen-bond donors (Lipinski definition) is 0. The smallest absolute Gasteiger partial charge is 0.211 e. The van der Waals surface area contributed by atoms with E-state index in [0.29, 0.717) is 12.5 Å². The van der Waals surface area contributed by atoms with Gasteiger partial charge in [-0.15, -0.1) is 0 Å². The average Bonchev–Trinajstić information content (AvgIpc) is 2.11. The normalized spacial score (nSPS) is 34.5. The van der Waals surface area contributed by atoms with Crippen molar-refractivity contribution >= 4 is 10.0 Å². The molecule has 0 bridgehead atoms. The Bertz CT molecular complexity index is 235. The fraction of sp³-hybridized carbons (Fsp3) is 1.00. The molecule has 0 aromatic rings. The molecule has 1 saturated heterocycles. The third kappa shape index (κ3) is 1.73. The molecule has 0 aromatic heterocycles. The van der Waals surface area contributed by atoms with Crippen molar-refractivity contribution in [2.24, 2.45) is 5.92 Å². The molecule has 1 rings (SSSR count). The lowest BCUT2D eigenvalue weighted by atomic mass is 10.1. The Morgan fingerprint density at radius 1 is 1.36 bits per heavy atom. The lowest BCUT2D eigenvalue weighted by molar-refractivity contribution is 0.374. The van der Waals surface area contributed by atoms with Crippen molar-refractivity contribution < 1.29 is 8.42 Å². The Balaban J connectivity index is 2.78. The highest BCUT2D eigenvalue weighted by Crippen LogP contribution is 2.25. The summed E-state index contributed by atoms with van der Waals surface area (Å²) in [6.07, 6.45) is 2.27. The lowest BCUT2D eigenvalue weighted by Gasteiger charge is -2.20. The molecular weight excluding hydrogens is 162 g/mol. The van der Waals surface area contributed by atoms with Crippen molar-refractivity contribution in [1.29, 1.82) is 0 Å². The fourth-order valence-corrected chi connectivity index (χ4v) is 2.78. The van der Waals surface area contributed by atoms with Gasteiger partial charge in [0.2, 0.25) is 10.0 Å². The van der Waals surface area contributed by atoms with Crippen LogP contribution in [0.1, 0.15) is 20.3 Å². The topological polar surface area (TPSA) is 37.4 Å². The van der Waals surface area contributed by atoms with Crippen LogP contribution in [0.15, 0.2) is 0 Å². The molecule has 3 nitrogen and oxygen atoms in total. The van der Waals surface area contributed by atoms with Gasteiger partial charge in [-0.3, -0.25) is 0 Å². The van der Waals surface area contributed by atoms with E-state index in [4.69, 9.17) is 0 Å². The minimum Gasteiger partial charge on any atom is -0.212 e. The predicted octanol–water partition coefficient (Wildman–Crippen LogP) is 0.676. The molecule has 0 radical (unpaired) electrons. The summed E-state index contributed by atoms with van der Waals surface area (Å²) < 4.78 is 23.8. The fourth-order valence-electron chi connectivity index (χ4n) is 1.53. The summed E-state index contributed by atoms with van der Waals surface area (Å²) in [6, 6.07) is 0.185. The van der Waals surface area contributed by atoms with Gasteiger partial charge in [-0.1, -0.05) is 6.92 Å². The van der Waals surface area contributed by atoms with Crippen LogP contribution in [-0.2, 0) is 10.0 Å². The van der Waals surface area contributed by atoms with Crippen LogP contribution in [0.25, 0.3) is 0 Å². The predicted molar refractivity (Wildman–Crippen MR) is 44.8 cm³/mol. The highest BCUT2D eigenvalue weighted by molar-refractivity contribution is 7.88. The standard InChI is InChI=1S/C7H15NO2S/c1-6-4-5-8(7(6)2)11(3,9)10/h6-7H,4-5H2,1-3H3/t6?,7-/m0/s1. The van der Waals surface area contributed by atoms with Gasteiger partial charge < -0.3 is 0 Å². The summed E-state index contributed by atoms with van der Waals surface area (Å²) in [6.45, 7) is 4.76. The van der Waals surface area contributed by atoms with Crippen molar-refractivity contribution in [1.82, 2.24) is 4.31 Å². The Morgan fingerprint density at radius 2 is 1.91 bits per heavy atom. The summed E-state index contributed by atoms with van der Waals surface area (Å²) in [5.41, 5.74) is 0. The molecule has 0 saturated carbocycles. The molecular formula is C7H15NO2S. The van der Waals surface area contributed by atoms with E-state index in [1.165, 1.54) is 6.26 Å². The molecule has 0 N–H and O–H groups in total. The number of sulfonamides is 1. The lowest BCUT2D eigenvalue weighted by Crippen LogP contribution is -2.34. The second kappa shape index (κ2) is 2.75. The maximum Gasteiger partial charge on any atom is 0.211 e. The highest BCUT2D eigenvalue weighted by Gasteiger charge is 2.32. The summed E-state index contributed by atoms with van der Waals surface area (Å²) >= 11 is 0. The Morgan fingerprint density at radius 3 is 2.09 bits per heavy atom. The van der Waals surface area contributed by atoms with E-state index in [9.17, 15) is 8.42 Å². The summed E-state index contributed by atoms with van der Waals surface area (Å²) in [5, 5.41) is 0. The van der Waals surface area contributed by atoms with Gasteiger partial charge in [-0.25, -0.2) is 8.42 Å². The van der Waals surface area contributed by atoms with Crippen molar-refractivity contribution in [3.05, 3.63) is 0 Å². The van der Waals surface area contributed by atoms with E-state index in [2.05, 4.69) is 6.92 Å². The van der Waals surface area contributed by atoms with Gasteiger partial charge in [0.25, 0.3) is 0 Å². The second-order valence-corrected chi connectivity index (χ2v) is 5.32. The van der Waals surface area contributed by atoms with Crippen molar-refractivity contribution in [3.8, 4) is 0 Å². The number of rotatable bonds is 1. The van der Waals surface area contributed by atoms with E-state index < -0.39 is 10.0 Å². The first kappa shape index (κ1) is 9.00. The summed E-state index contributed by atoms with van der Waals surface area (Å²) in [7, 11) is -2.95. The van der Waals surface area contributed by atoms with Gasteiger partial charge in [0.1, 0.15) is 0 Å². The Kier molecular flexibility index (Phi) is 2.25. The molecule has 1 fully saturated rings. The van der Waals surface area contributed by atoms with Gasteiger partial charge in [0.15, 0.2) is 0 Å². The van der Waals surface area contributed by atoms with Gasteiger partial charge >= 0.3 is 0 Å². The zero-order valence-corrected chi connectivity index (χ0v) is 8.06. The summed E-state index contributed by atoms with van der Waals surface area (Å²) in [5.74, 6) is 0.504. The minimum atomic E-state index is -2.95. The third-order valence-electron chi connectivity index (χ3n) is 2.51. The van der Waals surface area contributed by atoms with Crippen LogP contribution < -0.4 is 0 Å². The van der Waals surface area contributed by atoms with Gasteiger partial charge in [0.05, 0.1) is 6.26 Å². The first-order valence-electron chi connectivity index (χ1n) is 3.89. The largest absolute Gasteiger partial charge is 0.212 e. The molecule has 0 spiro atoms. The van der Waals surface area contributed by atoms with Crippen molar-refractivity contribution in [3.63, 3.8) is 0 Å². The van der Waals surface area contributed by atoms with E-state index in [-0.39, 0.29) is 6.04 Å². The zero-order valence-electron chi connectivity index (χ0n) is 7.24. The third-order valence-corrected chi connectivity index (χ3v) is 3.88. The average molecular weight is 177 g/mol. The van der Waals surface area contributed by atoms with Crippen LogP contribution in [0.3, 0.4) is 0 Å². The molecule has 66 valence electrons. The van der Waals surface area contributed by atoms with Crippen LogP contribution in [0, 0.1) is 5.92 Å². The maximum absolute atomic E-state index is 11.1. The van der Waals surface area contributed by atoms with Crippen LogP contribution in [0.4, 0.5) is 0 Å². The second-order valence-electron chi connectivity index (χ2n) is 3.38. The van der Waals surface area contributed by atoms with Crippen LogP contribution >= 0.6 is 0 Å². The minimum absolute atomic E-state index is 0.185. The molecule has 0 aliphatic carbocycles. The van der Waals surface area contributed by atoms with Crippen LogP contribution in [0.5, 0.6) is 0 Å². The molecule has 1 aliphatic rings. The first-order valence-corrected chi connectivity index (χ1v) is 5.74. The quantitative estimate of drug-likeness (QED) is 0.590. The van der Waals surface area contributed by atoms with Gasteiger partial charge in [-0.05, 0) is 19.3 Å². The van der Waals surface area contributed by atoms with E-state index in [1.54, 1.807) is 4.31 Å². The van der Waals surface area contributed by atoms with Gasteiger partial charge in [0, 0.05) is 12.6 Å². The monoisotopic (exact) mass is 177 g/mol. The van der Waals surface area contributed by atoms with Crippen LogP contribution in [-0.4, -0.2) is 31.6 Å². The van der Waals surface area contributed by atoms with Crippen LogP contribution in [0.2, 0.25) is 0 Å². The van der Waals surface area contributed by atoms with Crippen molar-refractivity contribution in [2.45, 2.75) is 26.3 Å². The van der Waals surface area contributed by atoms with Gasteiger partial charge in [-0.2, -0.15) is 4.31 Å². The highest BCUT2D eigenvalue weighted by atomic mass is 32.2. The molecule has 2 atom stereocenters. The zero-order chi connectivity index (χ0) is 8.65. The SMILES string of the molecule is CC1CCN(S(C)(=O)=O)[C@H]1C. The van der Waals surface area contributed by atoms with E-state index in [1.807, 2.05) is 6.92 Å². The molecule has 1 heterocycles. The first-order chi connectivity index (χ1) is 4.93.